The van der Waals surface area contributed by atoms with Gasteiger partial charge in [-0.25, -0.2) is 0 Å². The zero-order valence-electron chi connectivity index (χ0n) is 11.5. The fourth-order valence-corrected chi connectivity index (χ4v) is 2.13. The Morgan fingerprint density at radius 3 is 3.05 bits per heavy atom. The monoisotopic (exact) mass is 297 g/mol. The molecule has 6 heteroatoms. The highest BCUT2D eigenvalue weighted by molar-refractivity contribution is 7.10. The minimum absolute atomic E-state index is 0.116. The molecule has 0 saturated heterocycles. The van der Waals surface area contributed by atoms with Crippen LogP contribution in [0.5, 0.6) is 0 Å². The molecule has 1 heterocycles. The SMILES string of the molecule is COCCOCCCNC(=O)c1csc(C#CCO)c1. The van der Waals surface area contributed by atoms with E-state index in [9.17, 15) is 4.79 Å². The molecule has 0 unspecified atom stereocenters. The maximum atomic E-state index is 11.8. The Labute approximate surface area is 122 Å². The minimum atomic E-state index is -0.178. The van der Waals surface area contributed by atoms with E-state index in [0.717, 1.165) is 11.3 Å². The van der Waals surface area contributed by atoms with Crippen molar-refractivity contribution in [1.29, 1.82) is 0 Å². The first-order chi connectivity index (χ1) is 9.77. The molecule has 0 spiro atoms. The van der Waals surface area contributed by atoms with E-state index in [4.69, 9.17) is 14.6 Å². The van der Waals surface area contributed by atoms with Crippen LogP contribution in [-0.2, 0) is 9.47 Å². The van der Waals surface area contributed by atoms with Crippen molar-refractivity contribution < 1.29 is 19.4 Å². The lowest BCUT2D eigenvalue weighted by molar-refractivity contribution is 0.0688. The van der Waals surface area contributed by atoms with E-state index in [0.29, 0.717) is 31.9 Å². The third-order valence-electron chi connectivity index (χ3n) is 2.34. The quantitative estimate of drug-likeness (QED) is 0.552. The molecule has 0 fully saturated rings. The van der Waals surface area contributed by atoms with Crippen molar-refractivity contribution in [3.8, 4) is 11.8 Å². The van der Waals surface area contributed by atoms with E-state index in [-0.39, 0.29) is 12.5 Å². The standard InChI is InChI=1S/C14H19NO4S/c1-18-8-9-19-7-3-5-15-14(17)12-10-13(20-11-12)4-2-6-16/h10-11,16H,3,5-9H2,1H3,(H,15,17). The average Bonchev–Trinajstić information content (AvgIpc) is 2.93. The van der Waals surface area contributed by atoms with Gasteiger partial charge in [0.15, 0.2) is 0 Å². The van der Waals surface area contributed by atoms with Gasteiger partial charge in [-0.3, -0.25) is 4.79 Å². The molecule has 0 radical (unpaired) electrons. The number of hydrogen-bond acceptors (Lipinski definition) is 5. The zero-order chi connectivity index (χ0) is 14.6. The normalized spacial score (nSPS) is 9.90. The van der Waals surface area contributed by atoms with Crippen molar-refractivity contribution in [2.75, 3.05) is 40.1 Å². The maximum absolute atomic E-state index is 11.8. The molecule has 0 saturated carbocycles. The number of aliphatic hydroxyl groups excluding tert-OH is 1. The average molecular weight is 297 g/mol. The van der Waals surface area contributed by atoms with Gasteiger partial charge in [0.2, 0.25) is 0 Å². The molecular weight excluding hydrogens is 278 g/mol. The molecule has 1 amide bonds. The van der Waals surface area contributed by atoms with Crippen LogP contribution in [-0.4, -0.2) is 51.1 Å². The number of thiophene rings is 1. The van der Waals surface area contributed by atoms with Crippen LogP contribution in [0.1, 0.15) is 21.7 Å². The first-order valence-corrected chi connectivity index (χ1v) is 7.19. The number of rotatable bonds is 8. The predicted molar refractivity (Wildman–Crippen MR) is 77.9 cm³/mol. The third-order valence-corrected chi connectivity index (χ3v) is 3.18. The van der Waals surface area contributed by atoms with Crippen molar-refractivity contribution >= 4 is 17.2 Å². The summed E-state index contributed by atoms with van der Waals surface area (Å²) < 4.78 is 10.1. The van der Waals surface area contributed by atoms with Gasteiger partial charge in [-0.15, -0.1) is 11.3 Å². The van der Waals surface area contributed by atoms with Crippen LogP contribution in [0.25, 0.3) is 0 Å². The van der Waals surface area contributed by atoms with Crippen LogP contribution in [0.15, 0.2) is 11.4 Å². The number of carbonyl (C=O) groups excluding carboxylic acids is 1. The van der Waals surface area contributed by atoms with Gasteiger partial charge < -0.3 is 19.9 Å². The molecule has 1 aromatic rings. The highest BCUT2D eigenvalue weighted by Crippen LogP contribution is 2.13. The van der Waals surface area contributed by atoms with E-state index in [1.165, 1.54) is 11.3 Å². The number of methoxy groups -OCH3 is 1. The zero-order valence-corrected chi connectivity index (χ0v) is 12.3. The Morgan fingerprint density at radius 2 is 2.30 bits per heavy atom. The molecule has 5 nitrogen and oxygen atoms in total. The summed E-state index contributed by atoms with van der Waals surface area (Å²) in [6, 6.07) is 1.72. The van der Waals surface area contributed by atoms with Gasteiger partial charge >= 0.3 is 0 Å². The second-order valence-electron chi connectivity index (χ2n) is 3.87. The summed E-state index contributed by atoms with van der Waals surface area (Å²) >= 11 is 1.39. The van der Waals surface area contributed by atoms with Gasteiger partial charge in [-0.1, -0.05) is 11.8 Å². The van der Waals surface area contributed by atoms with Gasteiger partial charge in [0.05, 0.1) is 23.7 Å². The highest BCUT2D eigenvalue weighted by atomic mass is 32.1. The summed E-state index contributed by atoms with van der Waals surface area (Å²) in [4.78, 5) is 12.6. The van der Waals surface area contributed by atoms with Gasteiger partial charge in [-0.2, -0.15) is 0 Å². The molecule has 0 atom stereocenters. The Bertz CT molecular complexity index is 461. The van der Waals surface area contributed by atoms with Crippen molar-refractivity contribution in [2.24, 2.45) is 0 Å². The van der Waals surface area contributed by atoms with Crippen LogP contribution in [0.3, 0.4) is 0 Å². The van der Waals surface area contributed by atoms with Gasteiger partial charge in [0.1, 0.15) is 6.61 Å². The molecule has 0 aliphatic heterocycles. The summed E-state index contributed by atoms with van der Waals surface area (Å²) in [5.74, 6) is 5.21. The Morgan fingerprint density at radius 1 is 1.45 bits per heavy atom. The molecule has 1 rings (SSSR count). The van der Waals surface area contributed by atoms with Crippen LogP contribution < -0.4 is 5.32 Å². The number of aliphatic hydroxyl groups is 1. The third kappa shape index (κ3) is 6.68. The predicted octanol–water partition coefficient (Wildman–Crippen LogP) is 0.875. The van der Waals surface area contributed by atoms with Crippen LogP contribution in [0, 0.1) is 11.8 Å². The van der Waals surface area contributed by atoms with Crippen molar-refractivity contribution in [2.45, 2.75) is 6.42 Å². The molecule has 0 bridgehead atoms. The topological polar surface area (TPSA) is 67.8 Å². The fraction of sp³-hybridized carbons (Fsp3) is 0.500. The summed E-state index contributed by atoms with van der Waals surface area (Å²) in [5, 5.41) is 13.2. The van der Waals surface area contributed by atoms with E-state index < -0.39 is 0 Å². The number of hydrogen-bond donors (Lipinski definition) is 2. The molecular formula is C14H19NO4S. The second kappa shape index (κ2) is 10.4. The van der Waals surface area contributed by atoms with Gasteiger partial charge in [-0.05, 0) is 12.5 Å². The van der Waals surface area contributed by atoms with Gasteiger partial charge in [0, 0.05) is 25.6 Å². The lowest BCUT2D eigenvalue weighted by Crippen LogP contribution is -2.24. The second-order valence-corrected chi connectivity index (χ2v) is 4.79. The summed E-state index contributed by atoms with van der Waals surface area (Å²) in [7, 11) is 1.63. The lowest BCUT2D eigenvalue weighted by atomic mass is 10.3. The lowest BCUT2D eigenvalue weighted by Gasteiger charge is -2.05. The maximum Gasteiger partial charge on any atom is 0.252 e. The molecule has 0 aliphatic rings. The van der Waals surface area contributed by atoms with Crippen molar-refractivity contribution in [3.05, 3.63) is 21.9 Å². The Balaban J connectivity index is 2.20. The summed E-state index contributed by atoms with van der Waals surface area (Å²) in [5.41, 5.74) is 0.595. The number of amides is 1. The van der Waals surface area contributed by atoms with Crippen LogP contribution >= 0.6 is 11.3 Å². The number of nitrogens with one attached hydrogen (secondary N) is 1. The molecule has 110 valence electrons. The summed E-state index contributed by atoms with van der Waals surface area (Å²) in [6.45, 7) is 2.14. The largest absolute Gasteiger partial charge is 0.384 e. The summed E-state index contributed by atoms with van der Waals surface area (Å²) in [6.07, 6.45) is 0.761. The highest BCUT2D eigenvalue weighted by Gasteiger charge is 2.06. The first kappa shape index (κ1) is 16.7. The van der Waals surface area contributed by atoms with E-state index in [2.05, 4.69) is 17.2 Å². The molecule has 0 aliphatic carbocycles. The molecule has 20 heavy (non-hydrogen) atoms. The van der Waals surface area contributed by atoms with Crippen molar-refractivity contribution in [1.82, 2.24) is 5.32 Å². The van der Waals surface area contributed by atoms with Crippen LogP contribution in [0.4, 0.5) is 0 Å². The van der Waals surface area contributed by atoms with E-state index in [1.54, 1.807) is 18.6 Å². The van der Waals surface area contributed by atoms with Crippen LogP contribution in [0.2, 0.25) is 0 Å². The number of carbonyl (C=O) groups is 1. The van der Waals surface area contributed by atoms with E-state index in [1.807, 2.05) is 0 Å². The van der Waals surface area contributed by atoms with Crippen molar-refractivity contribution in [3.63, 3.8) is 0 Å². The fourth-order valence-electron chi connectivity index (χ4n) is 1.37. The Hall–Kier alpha value is -1.39. The van der Waals surface area contributed by atoms with Gasteiger partial charge in [0.25, 0.3) is 5.91 Å². The van der Waals surface area contributed by atoms with E-state index >= 15 is 0 Å². The molecule has 0 aromatic carbocycles. The molecule has 1 aromatic heterocycles. The minimum Gasteiger partial charge on any atom is -0.384 e. The smallest absolute Gasteiger partial charge is 0.252 e. The number of ether oxygens (including phenoxy) is 2. The Kier molecular flexibility index (Phi) is 8.67. The first-order valence-electron chi connectivity index (χ1n) is 6.31. The molecule has 2 N–H and O–H groups in total.